The van der Waals surface area contributed by atoms with Crippen molar-refractivity contribution in [1.29, 1.82) is 0 Å². The maximum Gasteiger partial charge on any atom is 0.197 e. The van der Waals surface area contributed by atoms with Crippen LogP contribution in [0.3, 0.4) is 0 Å². The Morgan fingerprint density at radius 1 is 1.43 bits per heavy atom. The molecule has 0 aliphatic rings. The monoisotopic (exact) mass is 191 g/mol. The number of H-pyrrole nitrogens is 1. The van der Waals surface area contributed by atoms with Gasteiger partial charge in [-0.3, -0.25) is 0 Å². The largest absolute Gasteiger partial charge is 0.369 e. The van der Waals surface area contributed by atoms with Crippen LogP contribution in [-0.2, 0) is 0 Å². The van der Waals surface area contributed by atoms with Gasteiger partial charge in [0.25, 0.3) is 0 Å². The first-order valence-corrected chi connectivity index (χ1v) is 4.24. The Bertz CT molecular complexity index is 462. The fraction of sp³-hybridized carbons (Fsp3) is 0.100. The maximum atomic E-state index is 12.8. The van der Waals surface area contributed by atoms with Gasteiger partial charge in [-0.1, -0.05) is 0 Å². The van der Waals surface area contributed by atoms with Crippen molar-refractivity contribution in [2.45, 2.75) is 6.92 Å². The van der Waals surface area contributed by atoms with Crippen LogP contribution in [0, 0.1) is 12.7 Å². The molecule has 3 nitrogen and oxygen atoms in total. The van der Waals surface area contributed by atoms with E-state index in [1.54, 1.807) is 12.3 Å². The Morgan fingerprint density at radius 2 is 2.21 bits per heavy atom. The molecule has 14 heavy (non-hydrogen) atoms. The Hall–Kier alpha value is -1.84. The van der Waals surface area contributed by atoms with Crippen LogP contribution < -0.4 is 5.73 Å². The number of imidazole rings is 1. The summed E-state index contributed by atoms with van der Waals surface area (Å²) in [4.78, 5) is 6.78. The molecule has 0 bridgehead atoms. The van der Waals surface area contributed by atoms with Crippen LogP contribution in [0.5, 0.6) is 0 Å². The molecule has 0 saturated heterocycles. The molecule has 0 saturated carbocycles. The number of benzene rings is 1. The number of anilines is 1. The van der Waals surface area contributed by atoms with E-state index in [9.17, 15) is 4.39 Å². The molecule has 0 amide bonds. The van der Waals surface area contributed by atoms with Crippen molar-refractivity contribution in [2.75, 3.05) is 5.73 Å². The summed E-state index contributed by atoms with van der Waals surface area (Å²) in [5, 5.41) is 0. The lowest BCUT2D eigenvalue weighted by Crippen LogP contribution is -1.87. The van der Waals surface area contributed by atoms with E-state index in [2.05, 4.69) is 9.97 Å². The molecule has 0 spiro atoms. The first-order valence-electron chi connectivity index (χ1n) is 4.24. The van der Waals surface area contributed by atoms with Gasteiger partial charge in [0.05, 0.1) is 11.9 Å². The van der Waals surface area contributed by atoms with E-state index in [1.807, 2.05) is 6.92 Å². The molecule has 3 N–H and O–H groups in total. The molecule has 2 aromatic rings. The molecule has 1 aromatic heterocycles. The lowest BCUT2D eigenvalue weighted by molar-refractivity contribution is 0.627. The number of nitrogen functional groups attached to an aromatic ring is 1. The summed E-state index contributed by atoms with van der Waals surface area (Å²) in [6, 6.07) is 4.60. The summed E-state index contributed by atoms with van der Waals surface area (Å²) >= 11 is 0. The third-order valence-electron chi connectivity index (χ3n) is 2.07. The highest BCUT2D eigenvalue weighted by atomic mass is 19.1. The zero-order valence-corrected chi connectivity index (χ0v) is 7.71. The van der Waals surface area contributed by atoms with Gasteiger partial charge in [-0.05, 0) is 30.7 Å². The zero-order chi connectivity index (χ0) is 10.1. The Morgan fingerprint density at radius 3 is 2.79 bits per heavy atom. The second-order valence-corrected chi connectivity index (χ2v) is 3.14. The molecule has 1 heterocycles. The smallest absolute Gasteiger partial charge is 0.197 e. The quantitative estimate of drug-likeness (QED) is 0.725. The predicted octanol–water partition coefficient (Wildman–Crippen LogP) is 2.11. The van der Waals surface area contributed by atoms with Gasteiger partial charge >= 0.3 is 0 Å². The first kappa shape index (κ1) is 8.74. The van der Waals surface area contributed by atoms with Crippen LogP contribution in [0.25, 0.3) is 11.3 Å². The molecular formula is C10H10FN3. The Labute approximate surface area is 80.8 Å². The van der Waals surface area contributed by atoms with Crippen molar-refractivity contribution in [1.82, 2.24) is 9.97 Å². The number of aryl methyl sites for hydroxylation is 1. The molecule has 0 aliphatic heterocycles. The van der Waals surface area contributed by atoms with E-state index < -0.39 is 0 Å². The van der Waals surface area contributed by atoms with Crippen molar-refractivity contribution in [2.24, 2.45) is 0 Å². The molecule has 2 rings (SSSR count). The molecule has 0 unspecified atom stereocenters. The van der Waals surface area contributed by atoms with Crippen molar-refractivity contribution in [3.8, 4) is 11.3 Å². The summed E-state index contributed by atoms with van der Waals surface area (Å²) in [6.45, 7) is 1.84. The van der Waals surface area contributed by atoms with Gasteiger partial charge < -0.3 is 10.7 Å². The fourth-order valence-corrected chi connectivity index (χ4v) is 1.40. The van der Waals surface area contributed by atoms with E-state index in [-0.39, 0.29) is 5.82 Å². The highest BCUT2D eigenvalue weighted by molar-refractivity contribution is 5.63. The number of hydrogen-bond acceptors (Lipinski definition) is 2. The second-order valence-electron chi connectivity index (χ2n) is 3.14. The van der Waals surface area contributed by atoms with Gasteiger partial charge in [-0.15, -0.1) is 0 Å². The summed E-state index contributed by atoms with van der Waals surface area (Å²) in [5.74, 6) is 0.127. The molecule has 0 atom stereocenters. The van der Waals surface area contributed by atoms with Crippen molar-refractivity contribution < 1.29 is 4.39 Å². The maximum absolute atomic E-state index is 12.8. The van der Waals surface area contributed by atoms with Crippen LogP contribution in [-0.4, -0.2) is 9.97 Å². The minimum Gasteiger partial charge on any atom is -0.369 e. The number of aromatic amines is 1. The number of hydrogen-bond donors (Lipinski definition) is 2. The molecular weight excluding hydrogens is 181 g/mol. The summed E-state index contributed by atoms with van der Waals surface area (Å²) < 4.78 is 12.8. The minimum absolute atomic E-state index is 0.237. The first-order chi connectivity index (χ1) is 6.66. The number of aromatic nitrogens is 2. The summed E-state index contributed by atoms with van der Waals surface area (Å²) in [7, 11) is 0. The summed E-state index contributed by atoms with van der Waals surface area (Å²) in [6.07, 6.45) is 1.63. The number of nitrogens with zero attached hydrogens (tertiary/aromatic N) is 1. The van der Waals surface area contributed by atoms with Gasteiger partial charge in [0.15, 0.2) is 5.95 Å². The molecule has 1 aromatic carbocycles. The molecule has 0 aliphatic carbocycles. The van der Waals surface area contributed by atoms with Crippen molar-refractivity contribution in [3.63, 3.8) is 0 Å². The Balaban J connectivity index is 2.52. The molecule has 72 valence electrons. The van der Waals surface area contributed by atoms with Crippen molar-refractivity contribution >= 4 is 5.95 Å². The lowest BCUT2D eigenvalue weighted by atomic mass is 10.1. The average molecular weight is 191 g/mol. The van der Waals surface area contributed by atoms with Crippen LogP contribution in [0.4, 0.5) is 10.3 Å². The van der Waals surface area contributed by atoms with Crippen LogP contribution in [0.2, 0.25) is 0 Å². The predicted molar refractivity (Wildman–Crippen MR) is 53.1 cm³/mol. The van der Waals surface area contributed by atoms with E-state index in [1.165, 1.54) is 12.1 Å². The van der Waals surface area contributed by atoms with Gasteiger partial charge in [-0.2, -0.15) is 0 Å². The van der Waals surface area contributed by atoms with Gasteiger partial charge in [0, 0.05) is 5.56 Å². The standard InChI is InChI=1S/C10H10FN3/c1-6-4-7(11)2-3-8(6)9-5-13-10(12)14-9/h2-5H,1H3,(H3,12,13,14). The average Bonchev–Trinajstić information content (AvgIpc) is 2.51. The third kappa shape index (κ3) is 1.46. The van der Waals surface area contributed by atoms with E-state index >= 15 is 0 Å². The SMILES string of the molecule is Cc1cc(F)ccc1-c1cnc(N)[nH]1. The van der Waals surface area contributed by atoms with E-state index in [0.717, 1.165) is 16.8 Å². The normalized spacial score (nSPS) is 10.4. The minimum atomic E-state index is -0.237. The summed E-state index contributed by atoms with van der Waals surface area (Å²) in [5.41, 5.74) is 8.03. The van der Waals surface area contributed by atoms with Gasteiger partial charge in [0.1, 0.15) is 5.82 Å². The molecule has 4 heteroatoms. The zero-order valence-electron chi connectivity index (χ0n) is 7.71. The highest BCUT2D eigenvalue weighted by Gasteiger charge is 2.04. The Kier molecular flexibility index (Phi) is 1.96. The van der Waals surface area contributed by atoms with Crippen LogP contribution in [0.1, 0.15) is 5.56 Å². The molecule has 0 fully saturated rings. The highest BCUT2D eigenvalue weighted by Crippen LogP contribution is 2.22. The number of halogens is 1. The molecule has 0 radical (unpaired) electrons. The topological polar surface area (TPSA) is 54.7 Å². The van der Waals surface area contributed by atoms with E-state index in [4.69, 9.17) is 5.73 Å². The van der Waals surface area contributed by atoms with Crippen LogP contribution in [0.15, 0.2) is 24.4 Å². The van der Waals surface area contributed by atoms with Crippen molar-refractivity contribution in [3.05, 3.63) is 35.8 Å². The lowest BCUT2D eigenvalue weighted by Gasteiger charge is -2.02. The second kappa shape index (κ2) is 3.14. The third-order valence-corrected chi connectivity index (χ3v) is 2.07. The van der Waals surface area contributed by atoms with E-state index in [0.29, 0.717) is 5.95 Å². The fourth-order valence-electron chi connectivity index (χ4n) is 1.40. The van der Waals surface area contributed by atoms with Crippen LogP contribution >= 0.6 is 0 Å². The number of nitrogens with one attached hydrogen (secondary N) is 1. The van der Waals surface area contributed by atoms with Gasteiger partial charge in [0.2, 0.25) is 0 Å². The number of rotatable bonds is 1. The van der Waals surface area contributed by atoms with Gasteiger partial charge in [-0.25, -0.2) is 9.37 Å². The number of nitrogens with two attached hydrogens (primary N) is 1.